The van der Waals surface area contributed by atoms with Gasteiger partial charge >= 0.3 is 0 Å². The molecule has 5 heteroatoms. The number of rotatable bonds is 3. The molecule has 0 radical (unpaired) electrons. The minimum absolute atomic E-state index is 0.193. The third kappa shape index (κ3) is 1.96. The van der Waals surface area contributed by atoms with E-state index in [2.05, 4.69) is 4.98 Å². The molecule has 1 atom stereocenters. The van der Waals surface area contributed by atoms with Crippen molar-refractivity contribution >= 4 is 5.97 Å². The van der Waals surface area contributed by atoms with Crippen LogP contribution in [0.25, 0.3) is 11.3 Å². The van der Waals surface area contributed by atoms with E-state index in [0.29, 0.717) is 5.69 Å². The summed E-state index contributed by atoms with van der Waals surface area (Å²) in [6.07, 6.45) is 0. The number of aromatic amines is 1. The van der Waals surface area contributed by atoms with Gasteiger partial charge in [-0.2, -0.15) is 0 Å². The van der Waals surface area contributed by atoms with Crippen LogP contribution in [0.4, 0.5) is 0 Å². The van der Waals surface area contributed by atoms with E-state index in [-0.39, 0.29) is 11.4 Å². The molecule has 0 saturated carbocycles. The average molecular weight is 246 g/mol. The van der Waals surface area contributed by atoms with Gasteiger partial charge in [0.2, 0.25) is 0 Å². The average Bonchev–Trinajstić information content (AvgIpc) is 2.73. The molecule has 0 bridgehead atoms. The molecule has 18 heavy (non-hydrogen) atoms. The van der Waals surface area contributed by atoms with Crippen molar-refractivity contribution in [2.45, 2.75) is 12.5 Å². The zero-order chi connectivity index (χ0) is 13.3. The van der Waals surface area contributed by atoms with Gasteiger partial charge in [-0.1, -0.05) is 30.3 Å². The highest BCUT2D eigenvalue weighted by molar-refractivity contribution is 5.78. The van der Waals surface area contributed by atoms with Crippen LogP contribution in [0, 0.1) is 0 Å². The Bertz CT molecular complexity index is 572. The smallest absolute Gasteiger partial charge is 0.144 e. The fourth-order valence-corrected chi connectivity index (χ4v) is 1.69. The Morgan fingerprint density at radius 3 is 2.50 bits per heavy atom. The number of hydrogen-bond donors (Lipinski definition) is 3. The molecule has 3 N–H and O–H groups in total. The van der Waals surface area contributed by atoms with Crippen LogP contribution in [-0.4, -0.2) is 21.2 Å². The molecule has 1 aromatic carbocycles. The largest absolute Gasteiger partial charge is 0.547 e. The number of aliphatic hydroxyl groups is 1. The number of aromatic hydroxyl groups is 1. The van der Waals surface area contributed by atoms with E-state index in [9.17, 15) is 20.1 Å². The third-order valence-electron chi connectivity index (χ3n) is 2.77. The normalized spacial score (nSPS) is 14.1. The Kier molecular flexibility index (Phi) is 2.84. The molecule has 0 saturated heterocycles. The van der Waals surface area contributed by atoms with E-state index < -0.39 is 11.6 Å². The summed E-state index contributed by atoms with van der Waals surface area (Å²) in [6.45, 7) is 1.04. The fraction of sp³-hybridized carbons (Fsp3) is 0.154. The van der Waals surface area contributed by atoms with E-state index >= 15 is 0 Å². The number of hydrogen-bond acceptors (Lipinski definition) is 4. The third-order valence-corrected chi connectivity index (χ3v) is 2.77. The van der Waals surface area contributed by atoms with Gasteiger partial charge in [0.1, 0.15) is 11.4 Å². The second kappa shape index (κ2) is 4.19. The summed E-state index contributed by atoms with van der Waals surface area (Å²) in [7, 11) is 0. The van der Waals surface area contributed by atoms with E-state index in [1.54, 1.807) is 12.1 Å². The quantitative estimate of drug-likeness (QED) is 0.727. The van der Waals surface area contributed by atoms with Gasteiger partial charge in [-0.3, -0.25) is 0 Å². The van der Waals surface area contributed by atoms with Crippen LogP contribution >= 0.6 is 0 Å². The number of aromatic nitrogens is 1. The van der Waals surface area contributed by atoms with Crippen LogP contribution in [0.1, 0.15) is 12.6 Å². The number of aliphatic carboxylic acids is 1. The minimum atomic E-state index is -2.27. The Labute approximate surface area is 103 Å². The van der Waals surface area contributed by atoms with Gasteiger partial charge in [0.25, 0.3) is 0 Å². The lowest BCUT2D eigenvalue weighted by atomic mass is 10.0. The Morgan fingerprint density at radius 1 is 1.33 bits per heavy atom. The molecule has 0 aliphatic rings. The van der Waals surface area contributed by atoms with Crippen molar-refractivity contribution < 1.29 is 20.1 Å². The standard InChI is InChI=1S/C13H13NO4/c1-13(18,12(16)17)11-10(15)7-9(14-11)8-5-3-2-4-6-8/h2-7,14-15,18H,1H3,(H,16,17)/p-1. The monoisotopic (exact) mass is 246 g/mol. The Morgan fingerprint density at radius 2 is 1.94 bits per heavy atom. The maximum Gasteiger partial charge on any atom is 0.144 e. The molecule has 2 rings (SSSR count). The first-order chi connectivity index (χ1) is 8.43. The first kappa shape index (κ1) is 12.2. The molecule has 1 heterocycles. The number of nitrogens with one attached hydrogen (secondary N) is 1. The van der Waals surface area contributed by atoms with Crippen molar-refractivity contribution in [1.82, 2.24) is 4.98 Å². The van der Waals surface area contributed by atoms with E-state index in [1.165, 1.54) is 6.07 Å². The molecule has 5 nitrogen and oxygen atoms in total. The van der Waals surface area contributed by atoms with Crippen LogP contribution < -0.4 is 5.11 Å². The SMILES string of the molecule is CC(O)(C(=O)[O-])c1[nH]c(-c2ccccc2)cc1O. The maximum absolute atomic E-state index is 10.8. The van der Waals surface area contributed by atoms with Gasteiger partial charge in [-0.05, 0) is 12.5 Å². The number of H-pyrrole nitrogens is 1. The Balaban J connectivity index is 2.49. The zero-order valence-corrected chi connectivity index (χ0v) is 9.68. The second-order valence-electron chi connectivity index (χ2n) is 4.17. The van der Waals surface area contributed by atoms with Crippen LogP contribution in [0.15, 0.2) is 36.4 Å². The summed E-state index contributed by atoms with van der Waals surface area (Å²) in [5, 5.41) is 30.3. The molecule has 1 unspecified atom stereocenters. The summed E-state index contributed by atoms with van der Waals surface area (Å²) in [5.41, 5.74) is -1.17. The van der Waals surface area contributed by atoms with Crippen molar-refractivity contribution in [2.75, 3.05) is 0 Å². The van der Waals surface area contributed by atoms with Crippen LogP contribution in [0.5, 0.6) is 5.75 Å². The molecular weight excluding hydrogens is 234 g/mol. The molecule has 94 valence electrons. The van der Waals surface area contributed by atoms with Gasteiger partial charge in [-0.15, -0.1) is 0 Å². The van der Waals surface area contributed by atoms with Crippen LogP contribution in [0.2, 0.25) is 0 Å². The zero-order valence-electron chi connectivity index (χ0n) is 9.68. The van der Waals surface area contributed by atoms with Crippen LogP contribution in [-0.2, 0) is 10.4 Å². The van der Waals surface area contributed by atoms with E-state index in [1.807, 2.05) is 18.2 Å². The molecule has 1 aromatic heterocycles. The maximum atomic E-state index is 10.8. The number of carbonyl (C=O) groups is 1. The summed E-state index contributed by atoms with van der Waals surface area (Å²) in [5.74, 6) is -2.00. The summed E-state index contributed by atoms with van der Waals surface area (Å²) in [4.78, 5) is 13.5. The molecule has 0 fully saturated rings. The lowest BCUT2D eigenvalue weighted by Gasteiger charge is -2.23. The molecular formula is C13H12NO4-. The van der Waals surface area contributed by atoms with Crippen molar-refractivity contribution in [1.29, 1.82) is 0 Å². The first-order valence-electron chi connectivity index (χ1n) is 5.34. The summed E-state index contributed by atoms with van der Waals surface area (Å²) >= 11 is 0. The number of carboxylic acids is 1. The van der Waals surface area contributed by atoms with Crippen molar-refractivity contribution in [2.24, 2.45) is 0 Å². The van der Waals surface area contributed by atoms with Gasteiger partial charge in [0, 0.05) is 11.8 Å². The highest BCUT2D eigenvalue weighted by Crippen LogP contribution is 2.32. The number of benzene rings is 1. The predicted molar refractivity (Wildman–Crippen MR) is 62.5 cm³/mol. The van der Waals surface area contributed by atoms with Gasteiger partial charge < -0.3 is 25.1 Å². The van der Waals surface area contributed by atoms with E-state index in [0.717, 1.165) is 12.5 Å². The predicted octanol–water partition coefficient (Wildman–Crippen LogP) is 0.345. The van der Waals surface area contributed by atoms with Crippen molar-refractivity contribution in [3.63, 3.8) is 0 Å². The molecule has 0 spiro atoms. The van der Waals surface area contributed by atoms with Gasteiger partial charge in [-0.25, -0.2) is 0 Å². The lowest BCUT2D eigenvalue weighted by molar-refractivity contribution is -0.325. The van der Waals surface area contributed by atoms with Gasteiger partial charge in [0.05, 0.1) is 11.7 Å². The van der Waals surface area contributed by atoms with Crippen LogP contribution in [0.3, 0.4) is 0 Å². The highest BCUT2D eigenvalue weighted by Gasteiger charge is 2.30. The highest BCUT2D eigenvalue weighted by atomic mass is 16.4. The molecule has 0 aliphatic heterocycles. The molecule has 0 aliphatic carbocycles. The topological polar surface area (TPSA) is 96.4 Å². The van der Waals surface area contributed by atoms with Gasteiger partial charge in [0.15, 0.2) is 0 Å². The summed E-state index contributed by atoms with van der Waals surface area (Å²) in [6, 6.07) is 10.4. The molecule has 2 aromatic rings. The van der Waals surface area contributed by atoms with Crippen molar-refractivity contribution in [3.05, 3.63) is 42.1 Å². The van der Waals surface area contributed by atoms with E-state index in [4.69, 9.17) is 0 Å². The molecule has 0 amide bonds. The minimum Gasteiger partial charge on any atom is -0.547 e. The van der Waals surface area contributed by atoms with Crippen molar-refractivity contribution in [3.8, 4) is 17.0 Å². The second-order valence-corrected chi connectivity index (χ2v) is 4.17. The fourth-order valence-electron chi connectivity index (χ4n) is 1.69. The summed E-state index contributed by atoms with van der Waals surface area (Å²) < 4.78 is 0. The lowest BCUT2D eigenvalue weighted by Crippen LogP contribution is -2.43. The number of carboxylic acid groups (broad SMARTS) is 1. The first-order valence-corrected chi connectivity index (χ1v) is 5.34. The Hall–Kier alpha value is -2.27. The number of carbonyl (C=O) groups excluding carboxylic acids is 1.